The number of nitrogen functional groups attached to an aromatic ring is 1. The van der Waals surface area contributed by atoms with Gasteiger partial charge in [-0.2, -0.15) is 5.10 Å². The van der Waals surface area contributed by atoms with E-state index < -0.39 is 0 Å². The maximum Gasteiger partial charge on any atom is 0.145 e. The van der Waals surface area contributed by atoms with Crippen molar-refractivity contribution in [3.8, 4) is 0 Å². The fraction of sp³-hybridized carbons (Fsp3) is 0.750. The molecule has 16 heavy (non-hydrogen) atoms. The summed E-state index contributed by atoms with van der Waals surface area (Å²) < 4.78 is 1.92. The van der Waals surface area contributed by atoms with Crippen LogP contribution in [0.2, 0.25) is 0 Å². The molecule has 0 fully saturated rings. The Morgan fingerprint density at radius 3 is 2.62 bits per heavy atom. The van der Waals surface area contributed by atoms with Crippen LogP contribution in [0.3, 0.4) is 0 Å². The Bertz CT molecular complexity index is 282. The summed E-state index contributed by atoms with van der Waals surface area (Å²) in [6.45, 7) is 8.92. The van der Waals surface area contributed by atoms with Gasteiger partial charge >= 0.3 is 0 Å². The van der Waals surface area contributed by atoms with Gasteiger partial charge in [-0.15, -0.1) is 0 Å². The Kier molecular flexibility index (Phi) is 5.93. The molecule has 0 radical (unpaired) electrons. The maximum absolute atomic E-state index is 5.56. The Morgan fingerprint density at radius 1 is 1.31 bits per heavy atom. The summed E-state index contributed by atoms with van der Waals surface area (Å²) >= 11 is 0. The van der Waals surface area contributed by atoms with Gasteiger partial charge in [-0.3, -0.25) is 4.68 Å². The quantitative estimate of drug-likeness (QED) is 0.734. The Hall–Kier alpha value is -1.03. The second kappa shape index (κ2) is 7.28. The number of nitrogens with zero attached hydrogens (tertiary/aromatic N) is 3. The van der Waals surface area contributed by atoms with Gasteiger partial charge in [0.25, 0.3) is 0 Å². The highest BCUT2D eigenvalue weighted by molar-refractivity contribution is 5.23. The number of anilines is 1. The van der Waals surface area contributed by atoms with Crippen LogP contribution in [0, 0.1) is 0 Å². The molecule has 0 aliphatic heterocycles. The van der Waals surface area contributed by atoms with Crippen molar-refractivity contribution in [1.29, 1.82) is 0 Å². The summed E-state index contributed by atoms with van der Waals surface area (Å²) in [5.74, 6) is 0.610. The average Bonchev–Trinajstić information content (AvgIpc) is 2.69. The van der Waals surface area contributed by atoms with Gasteiger partial charge in [0.15, 0.2) is 0 Å². The minimum atomic E-state index is 0.610. The lowest BCUT2D eigenvalue weighted by Crippen LogP contribution is -2.26. The summed E-state index contributed by atoms with van der Waals surface area (Å²) in [4.78, 5) is 2.50. The van der Waals surface area contributed by atoms with Crippen LogP contribution in [0.5, 0.6) is 0 Å². The molecule has 0 saturated carbocycles. The molecule has 1 aromatic heterocycles. The second-order valence-corrected chi connectivity index (χ2v) is 4.15. The van der Waals surface area contributed by atoms with E-state index in [1.54, 1.807) is 0 Å². The van der Waals surface area contributed by atoms with Gasteiger partial charge in [0.05, 0.1) is 0 Å². The van der Waals surface area contributed by atoms with Crippen molar-refractivity contribution >= 4 is 5.82 Å². The highest BCUT2D eigenvalue weighted by atomic mass is 15.3. The summed E-state index contributed by atoms with van der Waals surface area (Å²) in [5.41, 5.74) is 5.56. The largest absolute Gasteiger partial charge is 0.382 e. The lowest BCUT2D eigenvalue weighted by molar-refractivity contribution is 0.272. The van der Waals surface area contributed by atoms with E-state index in [9.17, 15) is 0 Å². The molecule has 0 spiro atoms. The van der Waals surface area contributed by atoms with Gasteiger partial charge in [-0.05, 0) is 38.5 Å². The first-order valence-electron chi connectivity index (χ1n) is 6.27. The first-order valence-corrected chi connectivity index (χ1v) is 6.27. The molecule has 1 aromatic rings. The first kappa shape index (κ1) is 13.0. The van der Waals surface area contributed by atoms with E-state index in [-0.39, 0.29) is 0 Å². The fourth-order valence-corrected chi connectivity index (χ4v) is 1.77. The Labute approximate surface area is 98.4 Å². The zero-order chi connectivity index (χ0) is 11.8. The molecule has 0 saturated heterocycles. The molecule has 2 N–H and O–H groups in total. The smallest absolute Gasteiger partial charge is 0.145 e. The third kappa shape index (κ3) is 4.66. The first-order chi connectivity index (χ1) is 7.76. The van der Waals surface area contributed by atoms with Gasteiger partial charge in [0.1, 0.15) is 5.82 Å². The van der Waals surface area contributed by atoms with E-state index in [1.165, 1.54) is 19.4 Å². The van der Waals surface area contributed by atoms with E-state index in [1.807, 2.05) is 16.9 Å². The SMILES string of the molecule is CCCCN(CC)CCCn1ccc(N)n1. The zero-order valence-electron chi connectivity index (χ0n) is 10.5. The topological polar surface area (TPSA) is 47.1 Å². The molecule has 0 aliphatic rings. The second-order valence-electron chi connectivity index (χ2n) is 4.15. The molecular formula is C12H24N4. The number of aromatic nitrogens is 2. The number of nitrogens with two attached hydrogens (primary N) is 1. The third-order valence-corrected chi connectivity index (χ3v) is 2.80. The predicted octanol–water partition coefficient (Wildman–Crippen LogP) is 1.98. The maximum atomic E-state index is 5.56. The van der Waals surface area contributed by atoms with Gasteiger partial charge in [-0.25, -0.2) is 0 Å². The number of unbranched alkanes of at least 4 members (excludes halogenated alkanes) is 1. The van der Waals surface area contributed by atoms with Crippen molar-refractivity contribution in [2.75, 3.05) is 25.4 Å². The van der Waals surface area contributed by atoms with Crippen LogP contribution in [-0.2, 0) is 6.54 Å². The number of hydrogen-bond acceptors (Lipinski definition) is 3. The summed E-state index contributed by atoms with van der Waals surface area (Å²) in [7, 11) is 0. The minimum absolute atomic E-state index is 0.610. The van der Waals surface area contributed by atoms with Crippen LogP contribution in [0.4, 0.5) is 5.82 Å². The molecule has 0 aliphatic carbocycles. The van der Waals surface area contributed by atoms with Crippen molar-refractivity contribution in [2.24, 2.45) is 0 Å². The molecule has 0 bridgehead atoms. The molecule has 0 aromatic carbocycles. The van der Waals surface area contributed by atoms with Crippen LogP contribution in [0.1, 0.15) is 33.1 Å². The molecular weight excluding hydrogens is 200 g/mol. The standard InChI is InChI=1S/C12H24N4/c1-3-5-8-15(4-2)9-6-10-16-11-7-12(13)14-16/h7,11H,3-6,8-10H2,1-2H3,(H2,13,14). The molecule has 0 amide bonds. The molecule has 1 rings (SSSR count). The van der Waals surface area contributed by atoms with Gasteiger partial charge in [0, 0.05) is 12.7 Å². The fourth-order valence-electron chi connectivity index (χ4n) is 1.77. The van der Waals surface area contributed by atoms with Crippen LogP contribution >= 0.6 is 0 Å². The van der Waals surface area contributed by atoms with E-state index in [0.717, 1.165) is 26.1 Å². The molecule has 0 atom stereocenters. The van der Waals surface area contributed by atoms with Gasteiger partial charge < -0.3 is 10.6 Å². The van der Waals surface area contributed by atoms with E-state index in [2.05, 4.69) is 23.8 Å². The number of hydrogen-bond donors (Lipinski definition) is 1. The van der Waals surface area contributed by atoms with E-state index in [0.29, 0.717) is 5.82 Å². The molecule has 0 unspecified atom stereocenters. The zero-order valence-corrected chi connectivity index (χ0v) is 10.5. The van der Waals surface area contributed by atoms with Crippen LogP contribution in [0.15, 0.2) is 12.3 Å². The highest BCUT2D eigenvalue weighted by Gasteiger charge is 2.01. The van der Waals surface area contributed by atoms with Crippen molar-refractivity contribution in [1.82, 2.24) is 14.7 Å². The summed E-state index contributed by atoms with van der Waals surface area (Å²) in [5, 5.41) is 4.17. The summed E-state index contributed by atoms with van der Waals surface area (Å²) in [6, 6.07) is 1.84. The van der Waals surface area contributed by atoms with Crippen molar-refractivity contribution in [3.05, 3.63) is 12.3 Å². The normalized spacial score (nSPS) is 11.2. The predicted molar refractivity (Wildman–Crippen MR) is 68.3 cm³/mol. The van der Waals surface area contributed by atoms with E-state index >= 15 is 0 Å². The molecule has 4 nitrogen and oxygen atoms in total. The average molecular weight is 224 g/mol. The molecule has 1 heterocycles. The van der Waals surface area contributed by atoms with Crippen LogP contribution in [-0.4, -0.2) is 34.3 Å². The third-order valence-electron chi connectivity index (χ3n) is 2.80. The summed E-state index contributed by atoms with van der Waals surface area (Å²) in [6.07, 6.45) is 5.64. The van der Waals surface area contributed by atoms with E-state index in [4.69, 9.17) is 5.73 Å². The number of rotatable bonds is 8. The molecule has 92 valence electrons. The van der Waals surface area contributed by atoms with Crippen LogP contribution in [0.25, 0.3) is 0 Å². The monoisotopic (exact) mass is 224 g/mol. The van der Waals surface area contributed by atoms with Gasteiger partial charge in [0.2, 0.25) is 0 Å². The molecule has 4 heteroatoms. The minimum Gasteiger partial charge on any atom is -0.382 e. The lowest BCUT2D eigenvalue weighted by atomic mass is 10.3. The van der Waals surface area contributed by atoms with Gasteiger partial charge in [-0.1, -0.05) is 20.3 Å². The Balaban J connectivity index is 2.17. The number of aryl methyl sites for hydroxylation is 1. The van der Waals surface area contributed by atoms with Crippen molar-refractivity contribution < 1.29 is 0 Å². The van der Waals surface area contributed by atoms with Crippen molar-refractivity contribution in [3.63, 3.8) is 0 Å². The van der Waals surface area contributed by atoms with Crippen LogP contribution < -0.4 is 5.73 Å². The Morgan fingerprint density at radius 2 is 2.06 bits per heavy atom. The van der Waals surface area contributed by atoms with Crippen molar-refractivity contribution in [2.45, 2.75) is 39.7 Å². The highest BCUT2D eigenvalue weighted by Crippen LogP contribution is 2.00. The lowest BCUT2D eigenvalue weighted by Gasteiger charge is -2.19.